The van der Waals surface area contributed by atoms with Crippen molar-refractivity contribution in [2.45, 2.75) is 38.3 Å². The first-order chi connectivity index (χ1) is 9.33. The van der Waals surface area contributed by atoms with E-state index in [1.807, 2.05) is 23.1 Å². The normalized spacial score (nSPS) is 14.5. The smallest absolute Gasteiger partial charge is 0.223 e. The summed E-state index contributed by atoms with van der Waals surface area (Å²) >= 11 is 1.72. The van der Waals surface area contributed by atoms with Gasteiger partial charge in [0.2, 0.25) is 5.91 Å². The van der Waals surface area contributed by atoms with Crippen LogP contribution < -0.4 is 0 Å². The lowest BCUT2D eigenvalue weighted by molar-refractivity contribution is -0.132. The van der Waals surface area contributed by atoms with Gasteiger partial charge in [-0.3, -0.25) is 4.79 Å². The Morgan fingerprint density at radius 2 is 2.26 bits per heavy atom. The molecule has 0 N–H and O–H groups in total. The number of nitrogens with zero attached hydrogens (tertiary/aromatic N) is 1. The zero-order valence-electron chi connectivity index (χ0n) is 10.7. The molecule has 0 aromatic carbocycles. The van der Waals surface area contributed by atoms with Crippen molar-refractivity contribution in [1.82, 2.24) is 4.90 Å². The number of amides is 1. The molecule has 0 bridgehead atoms. The van der Waals surface area contributed by atoms with Crippen molar-refractivity contribution in [1.29, 1.82) is 0 Å². The number of furan rings is 1. The third-order valence-electron chi connectivity index (χ3n) is 3.38. The van der Waals surface area contributed by atoms with Gasteiger partial charge in [-0.05, 0) is 36.4 Å². The maximum absolute atomic E-state index is 12.3. The summed E-state index contributed by atoms with van der Waals surface area (Å²) in [5.41, 5.74) is 0. The Labute approximate surface area is 116 Å². The Morgan fingerprint density at radius 3 is 2.89 bits per heavy atom. The highest BCUT2D eigenvalue weighted by atomic mass is 32.1. The average molecular weight is 275 g/mol. The topological polar surface area (TPSA) is 33.5 Å². The molecule has 1 saturated carbocycles. The molecule has 2 heterocycles. The van der Waals surface area contributed by atoms with Gasteiger partial charge in [-0.15, -0.1) is 11.3 Å². The molecule has 2 aromatic rings. The molecule has 0 radical (unpaired) electrons. The Bertz CT molecular complexity index is 514. The average Bonchev–Trinajstić information content (AvgIpc) is 2.94. The highest BCUT2D eigenvalue weighted by molar-refractivity contribution is 7.09. The van der Waals surface area contributed by atoms with Gasteiger partial charge in [0.1, 0.15) is 5.76 Å². The molecule has 19 heavy (non-hydrogen) atoms. The van der Waals surface area contributed by atoms with Crippen LogP contribution in [0.25, 0.3) is 0 Å². The molecule has 1 fully saturated rings. The summed E-state index contributed by atoms with van der Waals surface area (Å²) < 4.78 is 5.28. The molecule has 0 aliphatic heterocycles. The van der Waals surface area contributed by atoms with Crippen LogP contribution in [-0.4, -0.2) is 16.8 Å². The maximum Gasteiger partial charge on any atom is 0.223 e. The predicted octanol–water partition coefficient (Wildman–Crippen LogP) is 3.46. The Hall–Kier alpha value is -1.55. The van der Waals surface area contributed by atoms with Crippen LogP contribution in [0.3, 0.4) is 0 Å². The van der Waals surface area contributed by atoms with Gasteiger partial charge in [0.25, 0.3) is 0 Å². The fourth-order valence-corrected chi connectivity index (χ4v) is 2.91. The molecular weight excluding hydrogens is 258 g/mol. The third kappa shape index (κ3) is 3.26. The van der Waals surface area contributed by atoms with Crippen LogP contribution in [0.1, 0.15) is 29.9 Å². The first-order valence-corrected chi connectivity index (χ1v) is 7.55. The van der Waals surface area contributed by atoms with Crippen molar-refractivity contribution in [3.05, 3.63) is 46.5 Å². The van der Waals surface area contributed by atoms with Gasteiger partial charge in [-0.1, -0.05) is 6.07 Å². The van der Waals surface area contributed by atoms with Gasteiger partial charge < -0.3 is 9.32 Å². The van der Waals surface area contributed by atoms with E-state index in [0.29, 0.717) is 18.9 Å². The first kappa shape index (κ1) is 12.5. The second kappa shape index (κ2) is 5.61. The lowest BCUT2D eigenvalue weighted by atomic mass is 10.2. The summed E-state index contributed by atoms with van der Waals surface area (Å²) in [6.45, 7) is 0.763. The monoisotopic (exact) mass is 275 g/mol. The quantitative estimate of drug-likeness (QED) is 0.809. The first-order valence-electron chi connectivity index (χ1n) is 6.67. The number of carbonyl (C=O) groups excluding carboxylic acids is 1. The van der Waals surface area contributed by atoms with Gasteiger partial charge in [-0.2, -0.15) is 0 Å². The number of hydrogen-bond acceptors (Lipinski definition) is 3. The van der Waals surface area contributed by atoms with Gasteiger partial charge in [-0.25, -0.2) is 0 Å². The summed E-state index contributed by atoms with van der Waals surface area (Å²) in [4.78, 5) is 15.6. The number of hydrogen-bond donors (Lipinski definition) is 0. The zero-order chi connectivity index (χ0) is 13.1. The molecule has 0 unspecified atom stereocenters. The number of rotatable bonds is 6. The van der Waals surface area contributed by atoms with Crippen molar-refractivity contribution in [2.75, 3.05) is 0 Å². The Morgan fingerprint density at radius 1 is 1.37 bits per heavy atom. The molecule has 1 aliphatic carbocycles. The summed E-state index contributed by atoms with van der Waals surface area (Å²) in [6.07, 6.45) is 5.19. The van der Waals surface area contributed by atoms with Crippen molar-refractivity contribution in [2.24, 2.45) is 0 Å². The van der Waals surface area contributed by atoms with E-state index >= 15 is 0 Å². The van der Waals surface area contributed by atoms with Gasteiger partial charge in [0.05, 0.1) is 12.8 Å². The molecule has 100 valence electrons. The Balaban J connectivity index is 1.58. The van der Waals surface area contributed by atoms with Crippen molar-refractivity contribution >= 4 is 17.2 Å². The highest BCUT2D eigenvalue weighted by Crippen LogP contribution is 2.30. The second-order valence-electron chi connectivity index (χ2n) is 4.91. The number of aryl methyl sites for hydroxylation is 1. The van der Waals surface area contributed by atoms with E-state index in [1.165, 1.54) is 4.88 Å². The van der Waals surface area contributed by atoms with Crippen molar-refractivity contribution < 1.29 is 9.21 Å². The van der Waals surface area contributed by atoms with Gasteiger partial charge >= 0.3 is 0 Å². The maximum atomic E-state index is 12.3. The number of carbonyl (C=O) groups is 1. The molecule has 0 spiro atoms. The summed E-state index contributed by atoms with van der Waals surface area (Å²) in [6, 6.07) is 8.39. The third-order valence-corrected chi connectivity index (χ3v) is 4.24. The summed E-state index contributed by atoms with van der Waals surface area (Å²) in [7, 11) is 0. The van der Waals surface area contributed by atoms with E-state index in [0.717, 1.165) is 25.1 Å². The lowest BCUT2D eigenvalue weighted by Crippen LogP contribution is -2.32. The van der Waals surface area contributed by atoms with E-state index < -0.39 is 0 Å². The zero-order valence-corrected chi connectivity index (χ0v) is 11.6. The largest absolute Gasteiger partial charge is 0.469 e. The van der Waals surface area contributed by atoms with E-state index in [2.05, 4.69) is 11.4 Å². The minimum Gasteiger partial charge on any atom is -0.469 e. The van der Waals surface area contributed by atoms with E-state index in [9.17, 15) is 4.79 Å². The molecule has 1 amide bonds. The fraction of sp³-hybridized carbons (Fsp3) is 0.400. The van der Waals surface area contributed by atoms with Crippen LogP contribution in [0.5, 0.6) is 0 Å². The molecule has 1 aliphatic rings. The minimum absolute atomic E-state index is 0.243. The predicted molar refractivity (Wildman–Crippen MR) is 74.9 cm³/mol. The SMILES string of the molecule is O=C(CCc1ccco1)N(Cc1cccs1)C1CC1. The van der Waals surface area contributed by atoms with E-state index in [-0.39, 0.29) is 5.91 Å². The van der Waals surface area contributed by atoms with Gasteiger partial charge in [0, 0.05) is 23.8 Å². The Kier molecular flexibility index (Phi) is 3.69. The minimum atomic E-state index is 0.243. The molecule has 0 saturated heterocycles. The summed E-state index contributed by atoms with van der Waals surface area (Å²) in [5, 5.41) is 2.06. The van der Waals surface area contributed by atoms with E-state index in [4.69, 9.17) is 4.42 Å². The van der Waals surface area contributed by atoms with Crippen LogP contribution in [0, 0.1) is 0 Å². The lowest BCUT2D eigenvalue weighted by Gasteiger charge is -2.21. The molecule has 3 rings (SSSR count). The summed E-state index contributed by atoms with van der Waals surface area (Å²) in [5.74, 6) is 1.13. The van der Waals surface area contributed by atoms with Crippen LogP contribution in [0.2, 0.25) is 0 Å². The molecular formula is C15H17NO2S. The van der Waals surface area contributed by atoms with E-state index in [1.54, 1.807) is 17.6 Å². The van der Waals surface area contributed by atoms with Crippen LogP contribution in [0.4, 0.5) is 0 Å². The van der Waals surface area contributed by atoms with Gasteiger partial charge in [0.15, 0.2) is 0 Å². The fourth-order valence-electron chi connectivity index (χ4n) is 2.21. The second-order valence-corrected chi connectivity index (χ2v) is 5.94. The van der Waals surface area contributed by atoms with Crippen LogP contribution >= 0.6 is 11.3 Å². The van der Waals surface area contributed by atoms with Crippen molar-refractivity contribution in [3.8, 4) is 0 Å². The van der Waals surface area contributed by atoms with Crippen LogP contribution in [-0.2, 0) is 17.8 Å². The van der Waals surface area contributed by atoms with Crippen molar-refractivity contribution in [3.63, 3.8) is 0 Å². The standard InChI is InChI=1S/C15H17NO2S/c17-15(8-7-13-3-1-9-18-13)16(12-5-6-12)11-14-4-2-10-19-14/h1-4,9-10,12H,5-8,11H2. The molecule has 2 aromatic heterocycles. The molecule has 3 nitrogen and oxygen atoms in total. The highest BCUT2D eigenvalue weighted by Gasteiger charge is 2.32. The van der Waals surface area contributed by atoms with Crippen LogP contribution in [0.15, 0.2) is 40.3 Å². The number of thiophene rings is 1. The molecule has 4 heteroatoms. The molecule has 0 atom stereocenters.